The minimum atomic E-state index is 0.347. The maximum Gasteiger partial charge on any atom is 0.0534 e. The first-order valence-corrected chi connectivity index (χ1v) is 6.02. The summed E-state index contributed by atoms with van der Waals surface area (Å²) in [6, 6.07) is 13.0. The lowest BCUT2D eigenvalue weighted by Crippen LogP contribution is -2.09. The lowest BCUT2D eigenvalue weighted by Gasteiger charge is -2.18. The van der Waals surface area contributed by atoms with Gasteiger partial charge in [-0.25, -0.2) is 0 Å². The van der Waals surface area contributed by atoms with Crippen molar-refractivity contribution in [1.82, 2.24) is 4.98 Å². The maximum absolute atomic E-state index is 4.20. The third-order valence-corrected chi connectivity index (χ3v) is 2.83. The Balaban J connectivity index is 2.16. The molecule has 1 N–H and O–H groups in total. The zero-order chi connectivity index (χ0) is 12.1. The van der Waals surface area contributed by atoms with E-state index in [1.54, 1.807) is 0 Å². The zero-order valence-electron chi connectivity index (χ0n) is 10.4. The van der Waals surface area contributed by atoms with E-state index < -0.39 is 0 Å². The molecule has 0 bridgehead atoms. The molecule has 0 spiro atoms. The van der Waals surface area contributed by atoms with Gasteiger partial charge in [0.25, 0.3) is 0 Å². The number of rotatable bonds is 4. The van der Waals surface area contributed by atoms with Crippen molar-refractivity contribution < 1.29 is 0 Å². The van der Waals surface area contributed by atoms with Crippen LogP contribution in [-0.4, -0.2) is 4.98 Å². The van der Waals surface area contributed by atoms with Gasteiger partial charge in [0.05, 0.1) is 11.7 Å². The minimum absolute atomic E-state index is 0.347. The molecule has 1 aromatic heterocycles. The van der Waals surface area contributed by atoms with Crippen molar-refractivity contribution >= 4 is 5.69 Å². The second-order valence-corrected chi connectivity index (χ2v) is 4.27. The van der Waals surface area contributed by atoms with Crippen LogP contribution in [-0.2, 0) is 0 Å². The number of benzene rings is 1. The van der Waals surface area contributed by atoms with Crippen molar-refractivity contribution in [1.29, 1.82) is 0 Å². The molecule has 2 heteroatoms. The predicted molar refractivity (Wildman–Crippen MR) is 72.1 cm³/mol. The van der Waals surface area contributed by atoms with E-state index in [0.29, 0.717) is 6.04 Å². The smallest absolute Gasteiger partial charge is 0.0534 e. The highest BCUT2D eigenvalue weighted by Gasteiger charge is 2.08. The van der Waals surface area contributed by atoms with Crippen LogP contribution in [0, 0.1) is 6.92 Å². The number of hydrogen-bond donors (Lipinski definition) is 1. The fraction of sp³-hybridized carbons (Fsp3) is 0.267. The first kappa shape index (κ1) is 11.6. The van der Waals surface area contributed by atoms with Gasteiger partial charge in [-0.2, -0.15) is 0 Å². The van der Waals surface area contributed by atoms with Crippen LogP contribution >= 0.6 is 0 Å². The summed E-state index contributed by atoms with van der Waals surface area (Å²) in [5, 5.41) is 3.52. The van der Waals surface area contributed by atoms with Crippen LogP contribution in [0.1, 0.15) is 30.5 Å². The van der Waals surface area contributed by atoms with Crippen LogP contribution in [0.4, 0.5) is 5.69 Å². The van der Waals surface area contributed by atoms with E-state index in [0.717, 1.165) is 12.1 Å². The van der Waals surface area contributed by atoms with E-state index in [9.17, 15) is 0 Å². The minimum Gasteiger partial charge on any atom is -0.377 e. The number of anilines is 1. The first-order chi connectivity index (χ1) is 8.29. The molecule has 2 rings (SSSR count). The first-order valence-electron chi connectivity index (χ1n) is 6.02. The average Bonchev–Trinajstić information content (AvgIpc) is 2.37. The number of hydrogen-bond acceptors (Lipinski definition) is 2. The van der Waals surface area contributed by atoms with Gasteiger partial charge >= 0.3 is 0 Å². The van der Waals surface area contributed by atoms with E-state index in [4.69, 9.17) is 0 Å². The molecule has 0 saturated heterocycles. The van der Waals surface area contributed by atoms with Crippen molar-refractivity contribution in [2.24, 2.45) is 0 Å². The molecule has 1 heterocycles. The second kappa shape index (κ2) is 5.48. The molecule has 0 radical (unpaired) electrons. The maximum atomic E-state index is 4.20. The van der Waals surface area contributed by atoms with E-state index in [2.05, 4.69) is 54.5 Å². The molecule has 0 fully saturated rings. The molecule has 0 amide bonds. The Morgan fingerprint density at radius 3 is 2.59 bits per heavy atom. The number of nitrogens with zero attached hydrogens (tertiary/aromatic N) is 1. The van der Waals surface area contributed by atoms with Crippen molar-refractivity contribution in [2.45, 2.75) is 26.3 Å². The van der Waals surface area contributed by atoms with E-state index in [1.807, 2.05) is 18.5 Å². The molecule has 2 aromatic rings. The molecule has 1 unspecified atom stereocenters. The van der Waals surface area contributed by atoms with Crippen LogP contribution in [0.15, 0.2) is 48.8 Å². The van der Waals surface area contributed by atoms with Crippen molar-refractivity contribution in [2.75, 3.05) is 5.32 Å². The van der Waals surface area contributed by atoms with E-state index in [1.165, 1.54) is 11.1 Å². The van der Waals surface area contributed by atoms with Crippen molar-refractivity contribution in [3.63, 3.8) is 0 Å². The molecule has 1 aromatic carbocycles. The lowest BCUT2D eigenvalue weighted by atomic mass is 10.0. The summed E-state index contributed by atoms with van der Waals surface area (Å²) in [6.07, 6.45) is 4.80. The van der Waals surface area contributed by atoms with E-state index >= 15 is 0 Å². The van der Waals surface area contributed by atoms with Crippen LogP contribution in [0.25, 0.3) is 0 Å². The number of nitrogens with one attached hydrogen (secondary N) is 1. The molecule has 2 nitrogen and oxygen atoms in total. The predicted octanol–water partition coefficient (Wildman–Crippen LogP) is 3.95. The lowest BCUT2D eigenvalue weighted by molar-refractivity contribution is 0.748. The molecule has 0 aliphatic heterocycles. The summed E-state index contributed by atoms with van der Waals surface area (Å²) in [5.41, 5.74) is 3.58. The number of aromatic nitrogens is 1. The quantitative estimate of drug-likeness (QED) is 0.853. The van der Waals surface area contributed by atoms with Crippen molar-refractivity contribution in [3.8, 4) is 0 Å². The highest BCUT2D eigenvalue weighted by Crippen LogP contribution is 2.22. The highest BCUT2D eigenvalue weighted by molar-refractivity contribution is 5.45. The Morgan fingerprint density at radius 1 is 1.18 bits per heavy atom. The summed E-state index contributed by atoms with van der Waals surface area (Å²) in [4.78, 5) is 4.20. The molecular weight excluding hydrogens is 208 g/mol. The standard InChI is InChI=1S/C15H18N2/c1-3-15(13-7-5-4-6-8-13)17-14-9-12(2)10-16-11-14/h4-11,15,17H,3H2,1-2H3. The Labute approximate surface area is 103 Å². The largest absolute Gasteiger partial charge is 0.377 e. The Kier molecular flexibility index (Phi) is 3.76. The van der Waals surface area contributed by atoms with E-state index in [-0.39, 0.29) is 0 Å². The molecule has 88 valence electrons. The molecule has 0 aliphatic rings. The summed E-state index contributed by atoms with van der Waals surface area (Å²) in [6.45, 7) is 4.25. The van der Waals surface area contributed by atoms with Crippen LogP contribution in [0.2, 0.25) is 0 Å². The number of pyridine rings is 1. The Bertz CT molecular complexity index is 465. The molecule has 0 saturated carbocycles. The van der Waals surface area contributed by atoms with Gasteiger partial charge in [-0.15, -0.1) is 0 Å². The monoisotopic (exact) mass is 226 g/mol. The Morgan fingerprint density at radius 2 is 1.94 bits per heavy atom. The SMILES string of the molecule is CCC(Nc1cncc(C)c1)c1ccccc1. The fourth-order valence-electron chi connectivity index (χ4n) is 1.94. The highest BCUT2D eigenvalue weighted by atomic mass is 14.9. The van der Waals surface area contributed by atoms with Gasteiger partial charge in [-0.1, -0.05) is 37.3 Å². The average molecular weight is 226 g/mol. The molecule has 0 aliphatic carbocycles. The zero-order valence-corrected chi connectivity index (χ0v) is 10.4. The van der Waals surface area contributed by atoms with Gasteiger partial charge in [-0.05, 0) is 30.5 Å². The summed E-state index contributed by atoms with van der Waals surface area (Å²) >= 11 is 0. The fourth-order valence-corrected chi connectivity index (χ4v) is 1.94. The second-order valence-electron chi connectivity index (χ2n) is 4.27. The normalized spacial score (nSPS) is 12.1. The van der Waals surface area contributed by atoms with Gasteiger partial charge in [0.15, 0.2) is 0 Å². The van der Waals surface area contributed by atoms with Gasteiger partial charge in [0.1, 0.15) is 0 Å². The third kappa shape index (κ3) is 3.06. The summed E-state index contributed by atoms with van der Waals surface area (Å²) < 4.78 is 0. The topological polar surface area (TPSA) is 24.9 Å². The van der Waals surface area contributed by atoms with Crippen molar-refractivity contribution in [3.05, 3.63) is 59.9 Å². The summed E-state index contributed by atoms with van der Waals surface area (Å²) in [7, 11) is 0. The van der Waals surface area contributed by atoms with Crippen LogP contribution < -0.4 is 5.32 Å². The van der Waals surface area contributed by atoms with Gasteiger partial charge in [0, 0.05) is 12.4 Å². The van der Waals surface area contributed by atoms with Crippen LogP contribution in [0.5, 0.6) is 0 Å². The summed E-state index contributed by atoms with van der Waals surface area (Å²) in [5.74, 6) is 0. The van der Waals surface area contributed by atoms with Crippen LogP contribution in [0.3, 0.4) is 0 Å². The van der Waals surface area contributed by atoms with Gasteiger partial charge in [-0.3, -0.25) is 4.98 Å². The van der Waals surface area contributed by atoms with Gasteiger partial charge in [0.2, 0.25) is 0 Å². The molecular formula is C15H18N2. The third-order valence-electron chi connectivity index (χ3n) is 2.83. The number of aryl methyl sites for hydroxylation is 1. The Hall–Kier alpha value is -1.83. The van der Waals surface area contributed by atoms with Gasteiger partial charge < -0.3 is 5.32 Å². The molecule has 1 atom stereocenters. The molecule has 17 heavy (non-hydrogen) atoms.